The minimum Gasteiger partial charge on any atom is -0.366 e. The number of H-pyrrole nitrogens is 1. The van der Waals surface area contributed by atoms with Gasteiger partial charge in [-0.2, -0.15) is 5.10 Å². The average molecular weight is 202 g/mol. The van der Waals surface area contributed by atoms with Crippen LogP contribution in [0.2, 0.25) is 0 Å². The molecular weight excluding hydrogens is 192 g/mol. The topological polar surface area (TPSA) is 84.7 Å². The SMILES string of the molecule is Cc1cc(-c2cn[nH]c2)c(C(N)=O)cn1. The summed E-state index contributed by atoms with van der Waals surface area (Å²) in [5, 5.41) is 6.52. The molecule has 0 unspecified atom stereocenters. The lowest BCUT2D eigenvalue weighted by molar-refractivity contribution is 0.100. The number of rotatable bonds is 2. The van der Waals surface area contributed by atoms with Crippen molar-refractivity contribution in [1.82, 2.24) is 15.2 Å². The Bertz CT molecular complexity index is 490. The van der Waals surface area contributed by atoms with E-state index in [0.29, 0.717) is 5.56 Å². The third kappa shape index (κ3) is 1.71. The third-order valence-electron chi connectivity index (χ3n) is 2.12. The first-order valence-electron chi connectivity index (χ1n) is 4.44. The zero-order chi connectivity index (χ0) is 10.8. The number of hydrogen-bond donors (Lipinski definition) is 2. The monoisotopic (exact) mass is 202 g/mol. The molecule has 0 aliphatic heterocycles. The van der Waals surface area contributed by atoms with Gasteiger partial charge in [0, 0.05) is 29.2 Å². The standard InChI is InChI=1S/C10H10N4O/c1-6-2-8(7-3-13-14-4-7)9(5-12-6)10(11)15/h2-5H,1H3,(H2,11,15)(H,13,14). The second kappa shape index (κ2) is 3.53. The van der Waals surface area contributed by atoms with Gasteiger partial charge in [-0.05, 0) is 13.0 Å². The first-order chi connectivity index (χ1) is 7.18. The van der Waals surface area contributed by atoms with Gasteiger partial charge in [-0.25, -0.2) is 0 Å². The Kier molecular flexibility index (Phi) is 2.21. The quantitative estimate of drug-likeness (QED) is 0.758. The molecule has 15 heavy (non-hydrogen) atoms. The van der Waals surface area contributed by atoms with E-state index in [9.17, 15) is 4.79 Å². The van der Waals surface area contributed by atoms with Gasteiger partial charge >= 0.3 is 0 Å². The Morgan fingerprint density at radius 1 is 1.47 bits per heavy atom. The predicted octanol–water partition coefficient (Wildman–Crippen LogP) is 0.879. The molecule has 0 saturated heterocycles. The Balaban J connectivity index is 2.63. The summed E-state index contributed by atoms with van der Waals surface area (Å²) in [5.41, 5.74) is 8.08. The predicted molar refractivity (Wildman–Crippen MR) is 55.1 cm³/mol. The first-order valence-corrected chi connectivity index (χ1v) is 4.44. The van der Waals surface area contributed by atoms with Crippen LogP contribution in [0.3, 0.4) is 0 Å². The highest BCUT2D eigenvalue weighted by atomic mass is 16.1. The van der Waals surface area contributed by atoms with Gasteiger partial charge in [-0.1, -0.05) is 0 Å². The summed E-state index contributed by atoms with van der Waals surface area (Å²) in [6, 6.07) is 1.81. The fourth-order valence-electron chi connectivity index (χ4n) is 1.39. The number of nitrogens with two attached hydrogens (primary N) is 1. The van der Waals surface area contributed by atoms with E-state index >= 15 is 0 Å². The molecule has 5 heteroatoms. The van der Waals surface area contributed by atoms with E-state index in [1.807, 2.05) is 13.0 Å². The number of carbonyl (C=O) groups excluding carboxylic acids is 1. The summed E-state index contributed by atoms with van der Waals surface area (Å²) in [7, 11) is 0. The van der Waals surface area contributed by atoms with Crippen molar-refractivity contribution in [2.45, 2.75) is 6.92 Å². The van der Waals surface area contributed by atoms with Crippen LogP contribution in [0.4, 0.5) is 0 Å². The van der Waals surface area contributed by atoms with Crippen molar-refractivity contribution >= 4 is 5.91 Å². The van der Waals surface area contributed by atoms with Gasteiger partial charge < -0.3 is 5.73 Å². The Hall–Kier alpha value is -2.17. The van der Waals surface area contributed by atoms with Crippen LogP contribution in [0.25, 0.3) is 11.1 Å². The number of nitrogens with zero attached hydrogens (tertiary/aromatic N) is 2. The molecule has 0 saturated carbocycles. The summed E-state index contributed by atoms with van der Waals surface area (Å²) in [4.78, 5) is 15.2. The largest absolute Gasteiger partial charge is 0.366 e. The summed E-state index contributed by atoms with van der Waals surface area (Å²) < 4.78 is 0. The number of hydrogen-bond acceptors (Lipinski definition) is 3. The summed E-state index contributed by atoms with van der Waals surface area (Å²) in [6.07, 6.45) is 4.84. The Morgan fingerprint density at radius 2 is 2.27 bits per heavy atom. The highest BCUT2D eigenvalue weighted by molar-refractivity contribution is 5.99. The fraction of sp³-hybridized carbons (Fsp3) is 0.100. The van der Waals surface area contributed by atoms with Crippen LogP contribution in [0.15, 0.2) is 24.7 Å². The lowest BCUT2D eigenvalue weighted by Gasteiger charge is -2.04. The molecule has 2 aromatic rings. The molecule has 0 aromatic carbocycles. The highest BCUT2D eigenvalue weighted by Gasteiger charge is 2.11. The molecule has 0 fully saturated rings. The Morgan fingerprint density at radius 3 is 2.87 bits per heavy atom. The molecular formula is C10H10N4O. The lowest BCUT2D eigenvalue weighted by Crippen LogP contribution is -2.13. The van der Waals surface area contributed by atoms with Crippen molar-refractivity contribution in [3.8, 4) is 11.1 Å². The number of primary amides is 1. The number of aromatic nitrogens is 3. The minimum absolute atomic E-state index is 0.405. The van der Waals surface area contributed by atoms with E-state index in [1.54, 1.807) is 12.4 Å². The molecule has 0 aliphatic carbocycles. The summed E-state index contributed by atoms with van der Waals surface area (Å²) in [6.45, 7) is 1.86. The number of nitrogens with one attached hydrogen (secondary N) is 1. The van der Waals surface area contributed by atoms with Crippen molar-refractivity contribution in [3.05, 3.63) is 35.9 Å². The fourth-order valence-corrected chi connectivity index (χ4v) is 1.39. The third-order valence-corrected chi connectivity index (χ3v) is 2.12. The molecule has 3 N–H and O–H groups in total. The molecule has 0 aliphatic rings. The zero-order valence-electron chi connectivity index (χ0n) is 8.19. The van der Waals surface area contributed by atoms with E-state index in [0.717, 1.165) is 16.8 Å². The number of aryl methyl sites for hydroxylation is 1. The molecule has 2 rings (SSSR count). The molecule has 0 bridgehead atoms. The van der Waals surface area contributed by atoms with Crippen LogP contribution in [0.1, 0.15) is 16.1 Å². The molecule has 1 amide bonds. The number of aromatic amines is 1. The van der Waals surface area contributed by atoms with Gasteiger partial charge in [0.05, 0.1) is 11.8 Å². The molecule has 2 heterocycles. The van der Waals surface area contributed by atoms with Crippen LogP contribution < -0.4 is 5.73 Å². The van der Waals surface area contributed by atoms with Crippen LogP contribution in [0, 0.1) is 6.92 Å². The normalized spacial score (nSPS) is 10.2. The van der Waals surface area contributed by atoms with E-state index in [2.05, 4.69) is 15.2 Å². The maximum absolute atomic E-state index is 11.2. The van der Waals surface area contributed by atoms with Crippen molar-refractivity contribution in [2.75, 3.05) is 0 Å². The van der Waals surface area contributed by atoms with Gasteiger partial charge in [0.1, 0.15) is 0 Å². The van der Waals surface area contributed by atoms with E-state index in [1.165, 1.54) is 6.20 Å². The van der Waals surface area contributed by atoms with Crippen LogP contribution in [0.5, 0.6) is 0 Å². The van der Waals surface area contributed by atoms with Gasteiger partial charge in [-0.15, -0.1) is 0 Å². The smallest absolute Gasteiger partial charge is 0.250 e. The van der Waals surface area contributed by atoms with Crippen molar-refractivity contribution in [2.24, 2.45) is 5.73 Å². The second-order valence-electron chi connectivity index (χ2n) is 3.22. The summed E-state index contributed by atoms with van der Waals surface area (Å²) >= 11 is 0. The maximum atomic E-state index is 11.2. The van der Waals surface area contributed by atoms with Crippen LogP contribution >= 0.6 is 0 Å². The first kappa shape index (κ1) is 9.39. The molecule has 76 valence electrons. The van der Waals surface area contributed by atoms with E-state index in [4.69, 9.17) is 5.73 Å². The molecule has 0 spiro atoms. The lowest BCUT2D eigenvalue weighted by atomic mass is 10.0. The van der Waals surface area contributed by atoms with Crippen LogP contribution in [-0.2, 0) is 0 Å². The molecule has 0 radical (unpaired) electrons. The van der Waals surface area contributed by atoms with Crippen molar-refractivity contribution in [3.63, 3.8) is 0 Å². The highest BCUT2D eigenvalue weighted by Crippen LogP contribution is 2.22. The molecule has 2 aromatic heterocycles. The number of pyridine rings is 1. The van der Waals surface area contributed by atoms with E-state index in [-0.39, 0.29) is 0 Å². The maximum Gasteiger partial charge on any atom is 0.250 e. The molecule has 0 atom stereocenters. The minimum atomic E-state index is -0.487. The Labute approximate surface area is 86.3 Å². The van der Waals surface area contributed by atoms with Gasteiger partial charge in [0.25, 0.3) is 5.91 Å². The van der Waals surface area contributed by atoms with Gasteiger partial charge in [0.2, 0.25) is 0 Å². The average Bonchev–Trinajstić information content (AvgIpc) is 2.69. The molecule has 5 nitrogen and oxygen atoms in total. The number of carbonyl (C=O) groups is 1. The zero-order valence-corrected chi connectivity index (χ0v) is 8.19. The van der Waals surface area contributed by atoms with E-state index < -0.39 is 5.91 Å². The number of amides is 1. The van der Waals surface area contributed by atoms with Crippen molar-refractivity contribution < 1.29 is 4.79 Å². The summed E-state index contributed by atoms with van der Waals surface area (Å²) in [5.74, 6) is -0.487. The van der Waals surface area contributed by atoms with Gasteiger partial charge in [0.15, 0.2) is 0 Å². The second-order valence-corrected chi connectivity index (χ2v) is 3.22. The van der Waals surface area contributed by atoms with Crippen LogP contribution in [-0.4, -0.2) is 21.1 Å². The van der Waals surface area contributed by atoms with Gasteiger partial charge in [-0.3, -0.25) is 14.9 Å². The van der Waals surface area contributed by atoms with Crippen molar-refractivity contribution in [1.29, 1.82) is 0 Å².